The van der Waals surface area contributed by atoms with Crippen LogP contribution in [-0.4, -0.2) is 37.3 Å². The predicted octanol–water partition coefficient (Wildman–Crippen LogP) is 2.59. The molecule has 0 amide bonds. The lowest BCUT2D eigenvalue weighted by Crippen LogP contribution is -2.42. The summed E-state index contributed by atoms with van der Waals surface area (Å²) >= 11 is 1.06. The first-order valence-corrected chi connectivity index (χ1v) is 11.6. The van der Waals surface area contributed by atoms with Gasteiger partial charge in [0.05, 0.1) is 31.9 Å². The van der Waals surface area contributed by atoms with Crippen LogP contribution in [0.4, 0.5) is 5.69 Å². The van der Waals surface area contributed by atoms with Gasteiger partial charge in [-0.05, 0) is 25.1 Å². The van der Waals surface area contributed by atoms with Crippen LogP contribution in [-0.2, 0) is 9.53 Å². The van der Waals surface area contributed by atoms with Gasteiger partial charge in [0.15, 0.2) is 5.69 Å². The standard InChI is InChI=1S/C26H23N3O5S/c1-4-34-26(31)24-22-17(13-15-9-5-7-11-19(15)32-2)21(28)18(14-27)29(22)25(30)23(35-24)16-10-6-8-12-20(16)33-3/h5-13,23H,4,28H2,1-3H3/b17-13+/t23-/m1/s1. The maximum atomic E-state index is 13.8. The first-order valence-electron chi connectivity index (χ1n) is 10.8. The molecule has 0 saturated heterocycles. The molecule has 0 aliphatic carbocycles. The van der Waals surface area contributed by atoms with E-state index < -0.39 is 17.1 Å². The Bertz CT molecular complexity index is 1490. The van der Waals surface area contributed by atoms with E-state index in [0.717, 1.165) is 11.8 Å². The van der Waals surface area contributed by atoms with Gasteiger partial charge in [-0.15, -0.1) is 0 Å². The molecule has 8 nitrogen and oxygen atoms in total. The van der Waals surface area contributed by atoms with Crippen LogP contribution in [0.25, 0.3) is 11.0 Å². The third-order valence-electron chi connectivity index (χ3n) is 5.57. The number of esters is 1. The van der Waals surface area contributed by atoms with Gasteiger partial charge in [-0.25, -0.2) is 4.79 Å². The van der Waals surface area contributed by atoms with Gasteiger partial charge < -0.3 is 19.9 Å². The summed E-state index contributed by atoms with van der Waals surface area (Å²) in [6.07, 6.45) is 1.71. The molecule has 3 aromatic rings. The number of carbonyl (C=O) groups excluding carboxylic acids is 2. The molecule has 2 heterocycles. The third-order valence-corrected chi connectivity index (χ3v) is 6.86. The number of hydrogen-bond donors (Lipinski definition) is 1. The number of benzene rings is 2. The van der Waals surface area contributed by atoms with Crippen LogP contribution >= 0.6 is 11.8 Å². The smallest absolute Gasteiger partial charge is 0.346 e. The minimum absolute atomic E-state index is 0.0480. The number of thioether (sulfide) groups is 1. The van der Waals surface area contributed by atoms with Gasteiger partial charge in [-0.1, -0.05) is 48.2 Å². The predicted molar refractivity (Wildman–Crippen MR) is 133 cm³/mol. The van der Waals surface area contributed by atoms with Crippen LogP contribution in [0, 0.1) is 11.3 Å². The van der Waals surface area contributed by atoms with Crippen LogP contribution in [0.5, 0.6) is 11.5 Å². The fraction of sp³-hybridized carbons (Fsp3) is 0.192. The molecular formula is C26H23N3O5S. The van der Waals surface area contributed by atoms with E-state index in [-0.39, 0.29) is 28.2 Å². The van der Waals surface area contributed by atoms with E-state index in [1.165, 1.54) is 11.7 Å². The van der Waals surface area contributed by atoms with Crippen molar-refractivity contribution in [3.05, 3.63) is 75.9 Å². The zero-order valence-corrected chi connectivity index (χ0v) is 20.2. The Morgan fingerprint density at radius 3 is 2.46 bits per heavy atom. The summed E-state index contributed by atoms with van der Waals surface area (Å²) in [5.41, 5.74) is 7.69. The monoisotopic (exact) mass is 489 g/mol. The maximum absolute atomic E-state index is 13.8. The summed E-state index contributed by atoms with van der Waals surface area (Å²) in [5, 5.41) is 9.70. The van der Waals surface area contributed by atoms with Crippen LogP contribution in [0.15, 0.2) is 48.5 Å². The van der Waals surface area contributed by atoms with Gasteiger partial charge in [0.25, 0.3) is 0 Å². The average Bonchev–Trinajstić information content (AvgIpc) is 3.16. The fourth-order valence-electron chi connectivity index (χ4n) is 4.01. The lowest BCUT2D eigenvalue weighted by molar-refractivity contribution is -0.135. The SMILES string of the molecule is CCOC(=O)C1=c2/c(=C/c3ccccc3OC)c(N)c(C#N)n2C(=O)[C@@H](c2ccccc2OC)S1. The summed E-state index contributed by atoms with van der Waals surface area (Å²) < 4.78 is 17.4. The van der Waals surface area contributed by atoms with Crippen molar-refractivity contribution in [2.24, 2.45) is 0 Å². The number of methoxy groups -OCH3 is 2. The number of nitrogens with two attached hydrogens (primary N) is 1. The van der Waals surface area contributed by atoms with Crippen molar-refractivity contribution in [1.82, 2.24) is 4.57 Å². The molecule has 0 saturated carbocycles. The van der Waals surface area contributed by atoms with Crippen molar-refractivity contribution in [2.75, 3.05) is 26.6 Å². The van der Waals surface area contributed by atoms with Crippen molar-refractivity contribution < 1.29 is 23.8 Å². The Kier molecular flexibility index (Phi) is 6.85. The summed E-state index contributed by atoms with van der Waals surface area (Å²) in [4.78, 5) is 27.1. The quantitative estimate of drug-likeness (QED) is 0.525. The number of anilines is 1. The summed E-state index contributed by atoms with van der Waals surface area (Å²) in [6, 6.07) is 16.3. The Labute approximate surface area is 206 Å². The van der Waals surface area contributed by atoms with Gasteiger partial charge in [0.1, 0.15) is 27.7 Å². The summed E-state index contributed by atoms with van der Waals surface area (Å²) in [5.74, 6) is 0.0440. The van der Waals surface area contributed by atoms with Crippen LogP contribution in [0.2, 0.25) is 0 Å². The van der Waals surface area contributed by atoms with Gasteiger partial charge in [-0.3, -0.25) is 9.36 Å². The number of fused-ring (bicyclic) bond motifs is 1. The molecule has 0 radical (unpaired) electrons. The molecule has 0 bridgehead atoms. The lowest BCUT2D eigenvalue weighted by Gasteiger charge is -2.24. The van der Waals surface area contributed by atoms with Crippen molar-refractivity contribution in [3.63, 3.8) is 0 Å². The highest BCUT2D eigenvalue weighted by molar-refractivity contribution is 8.10. The molecule has 1 aromatic heterocycles. The molecule has 35 heavy (non-hydrogen) atoms. The highest BCUT2D eigenvalue weighted by Crippen LogP contribution is 2.42. The van der Waals surface area contributed by atoms with Gasteiger partial charge in [-0.2, -0.15) is 5.26 Å². The lowest BCUT2D eigenvalue weighted by atomic mass is 10.1. The number of ether oxygens (including phenoxy) is 3. The van der Waals surface area contributed by atoms with E-state index in [0.29, 0.717) is 27.8 Å². The largest absolute Gasteiger partial charge is 0.496 e. The molecule has 1 aliphatic heterocycles. The van der Waals surface area contributed by atoms with Crippen LogP contribution in [0.3, 0.4) is 0 Å². The second-order valence-electron chi connectivity index (χ2n) is 7.49. The highest BCUT2D eigenvalue weighted by atomic mass is 32.2. The van der Waals surface area contributed by atoms with E-state index >= 15 is 0 Å². The summed E-state index contributed by atoms with van der Waals surface area (Å²) in [7, 11) is 3.05. The van der Waals surface area contributed by atoms with Crippen molar-refractivity contribution in [3.8, 4) is 17.6 Å². The summed E-state index contributed by atoms with van der Waals surface area (Å²) in [6.45, 7) is 1.84. The Morgan fingerprint density at radius 1 is 1.14 bits per heavy atom. The first-order chi connectivity index (χ1) is 17.0. The van der Waals surface area contributed by atoms with Gasteiger partial charge >= 0.3 is 5.97 Å². The number of hydrogen-bond acceptors (Lipinski definition) is 8. The molecule has 178 valence electrons. The molecule has 4 rings (SSSR count). The van der Waals surface area contributed by atoms with E-state index in [1.54, 1.807) is 50.4 Å². The van der Waals surface area contributed by atoms with E-state index in [1.807, 2.05) is 24.3 Å². The van der Waals surface area contributed by atoms with E-state index in [9.17, 15) is 14.9 Å². The van der Waals surface area contributed by atoms with Gasteiger partial charge in [0, 0.05) is 16.3 Å². The van der Waals surface area contributed by atoms with Crippen molar-refractivity contribution in [1.29, 1.82) is 5.26 Å². The Hall–Kier alpha value is -4.16. The van der Waals surface area contributed by atoms with Crippen molar-refractivity contribution in [2.45, 2.75) is 12.2 Å². The second-order valence-corrected chi connectivity index (χ2v) is 8.60. The Balaban J connectivity index is 2.09. The number of carbonyl (C=O) groups is 2. The van der Waals surface area contributed by atoms with E-state index in [4.69, 9.17) is 19.9 Å². The molecular weight excluding hydrogens is 466 g/mol. The highest BCUT2D eigenvalue weighted by Gasteiger charge is 2.37. The number of aromatic nitrogens is 1. The minimum atomic E-state index is -0.851. The zero-order chi connectivity index (χ0) is 25.1. The normalized spacial score (nSPS) is 15.4. The number of nitrogens with zero attached hydrogens (tertiary/aromatic N) is 2. The van der Waals surface area contributed by atoms with Crippen LogP contribution < -0.4 is 25.8 Å². The number of para-hydroxylation sites is 2. The third kappa shape index (κ3) is 4.13. The molecule has 2 aromatic carbocycles. The minimum Gasteiger partial charge on any atom is -0.496 e. The van der Waals surface area contributed by atoms with Gasteiger partial charge in [0.2, 0.25) is 5.91 Å². The molecule has 1 aliphatic rings. The number of nitriles is 1. The van der Waals surface area contributed by atoms with E-state index in [2.05, 4.69) is 0 Å². The maximum Gasteiger partial charge on any atom is 0.346 e. The molecule has 2 N–H and O–H groups in total. The Morgan fingerprint density at radius 2 is 1.80 bits per heavy atom. The fourth-order valence-corrected chi connectivity index (χ4v) is 5.24. The molecule has 0 spiro atoms. The average molecular weight is 490 g/mol. The van der Waals surface area contributed by atoms with Crippen LogP contribution in [0.1, 0.15) is 33.8 Å². The molecule has 0 unspecified atom stereocenters. The number of nitrogen functional groups attached to an aromatic ring is 1. The molecule has 0 fully saturated rings. The molecule has 1 atom stereocenters. The second kappa shape index (κ2) is 9.99. The zero-order valence-electron chi connectivity index (χ0n) is 19.4. The topological polar surface area (TPSA) is 117 Å². The first kappa shape index (κ1) is 24.0. The van der Waals surface area contributed by atoms with Crippen molar-refractivity contribution >= 4 is 40.3 Å². The number of rotatable bonds is 6. The molecule has 9 heteroatoms.